The van der Waals surface area contributed by atoms with Gasteiger partial charge in [0.15, 0.2) is 5.78 Å². The Morgan fingerprint density at radius 1 is 1.15 bits per heavy atom. The second-order valence-electron chi connectivity index (χ2n) is 5.59. The minimum absolute atomic E-state index is 0.0543. The Balaban J connectivity index is 2.26. The molecule has 142 valence electrons. The molecular formula is C19H20N2O6. The van der Waals surface area contributed by atoms with Crippen LogP contribution >= 0.6 is 0 Å². The van der Waals surface area contributed by atoms with Crippen molar-refractivity contribution in [1.29, 1.82) is 0 Å². The standard InChI is InChI=1S/C19H20N2O6/c1-10(22)16-11(2)27-19(17(16)18(20)24)21-15(23)8-6-12-5-7-13(25-3)9-14(12)26-4/h5-9H,1-4H3,(H2,20,24)(H,21,23)/b8-6+. The molecule has 2 rings (SSSR count). The van der Waals surface area contributed by atoms with E-state index in [1.54, 1.807) is 18.2 Å². The van der Waals surface area contributed by atoms with E-state index in [2.05, 4.69) is 5.32 Å². The molecule has 0 aliphatic carbocycles. The summed E-state index contributed by atoms with van der Waals surface area (Å²) in [6, 6.07) is 5.12. The van der Waals surface area contributed by atoms with Gasteiger partial charge in [-0.15, -0.1) is 0 Å². The van der Waals surface area contributed by atoms with E-state index in [-0.39, 0.29) is 28.6 Å². The molecular weight excluding hydrogens is 352 g/mol. The summed E-state index contributed by atoms with van der Waals surface area (Å²) in [7, 11) is 3.04. The molecule has 0 saturated carbocycles. The Morgan fingerprint density at radius 3 is 2.41 bits per heavy atom. The van der Waals surface area contributed by atoms with Crippen LogP contribution in [0.4, 0.5) is 5.88 Å². The van der Waals surface area contributed by atoms with Gasteiger partial charge in [0, 0.05) is 17.7 Å². The van der Waals surface area contributed by atoms with Gasteiger partial charge in [0.25, 0.3) is 11.8 Å². The van der Waals surface area contributed by atoms with Crippen molar-refractivity contribution in [3.8, 4) is 11.5 Å². The van der Waals surface area contributed by atoms with E-state index >= 15 is 0 Å². The number of aryl methyl sites for hydroxylation is 1. The highest BCUT2D eigenvalue weighted by atomic mass is 16.5. The zero-order valence-electron chi connectivity index (χ0n) is 15.4. The molecule has 0 aliphatic heterocycles. The molecule has 0 unspecified atom stereocenters. The average Bonchev–Trinajstić information content (AvgIpc) is 2.95. The quantitative estimate of drug-likeness (QED) is 0.569. The summed E-state index contributed by atoms with van der Waals surface area (Å²) < 4.78 is 15.7. The molecule has 2 aromatic rings. The van der Waals surface area contributed by atoms with Crippen molar-refractivity contribution in [3.05, 3.63) is 46.7 Å². The van der Waals surface area contributed by atoms with Crippen molar-refractivity contribution in [2.24, 2.45) is 5.73 Å². The van der Waals surface area contributed by atoms with Crippen LogP contribution in [0.5, 0.6) is 11.5 Å². The van der Waals surface area contributed by atoms with Crippen molar-refractivity contribution in [3.63, 3.8) is 0 Å². The summed E-state index contributed by atoms with van der Waals surface area (Å²) in [6.07, 6.45) is 2.76. The number of hydrogen-bond donors (Lipinski definition) is 2. The summed E-state index contributed by atoms with van der Waals surface area (Å²) in [5.74, 6) is -0.656. The molecule has 0 spiro atoms. The second-order valence-corrected chi connectivity index (χ2v) is 5.59. The summed E-state index contributed by atoms with van der Waals surface area (Å²) in [4.78, 5) is 35.6. The maximum absolute atomic E-state index is 12.2. The van der Waals surface area contributed by atoms with Gasteiger partial charge < -0.3 is 19.6 Å². The minimum Gasteiger partial charge on any atom is -0.497 e. The number of amides is 2. The number of furan rings is 1. The molecule has 8 heteroatoms. The zero-order valence-corrected chi connectivity index (χ0v) is 15.4. The van der Waals surface area contributed by atoms with Crippen LogP contribution in [0.1, 0.15) is 39.0 Å². The highest BCUT2D eigenvalue weighted by Crippen LogP contribution is 2.28. The zero-order chi connectivity index (χ0) is 20.1. The monoisotopic (exact) mass is 372 g/mol. The van der Waals surface area contributed by atoms with Crippen LogP contribution in [0, 0.1) is 6.92 Å². The first-order chi connectivity index (χ1) is 12.8. The molecule has 2 amide bonds. The fourth-order valence-electron chi connectivity index (χ4n) is 2.57. The van der Waals surface area contributed by atoms with E-state index < -0.39 is 11.8 Å². The summed E-state index contributed by atoms with van der Waals surface area (Å²) in [5.41, 5.74) is 5.87. The Bertz CT molecular complexity index is 927. The Morgan fingerprint density at radius 2 is 1.85 bits per heavy atom. The first-order valence-electron chi connectivity index (χ1n) is 7.93. The third-order valence-corrected chi connectivity index (χ3v) is 3.77. The number of carbonyl (C=O) groups is 3. The van der Waals surface area contributed by atoms with Gasteiger partial charge in [0.05, 0.1) is 19.8 Å². The van der Waals surface area contributed by atoms with Gasteiger partial charge in [-0.25, -0.2) is 0 Å². The lowest BCUT2D eigenvalue weighted by molar-refractivity contribution is -0.111. The van der Waals surface area contributed by atoms with Gasteiger partial charge >= 0.3 is 0 Å². The number of anilines is 1. The van der Waals surface area contributed by atoms with Crippen molar-refractivity contribution in [2.75, 3.05) is 19.5 Å². The third kappa shape index (κ3) is 4.35. The van der Waals surface area contributed by atoms with Crippen LogP contribution < -0.4 is 20.5 Å². The predicted molar refractivity (Wildman–Crippen MR) is 99.2 cm³/mol. The Labute approximate surface area is 155 Å². The molecule has 1 aromatic carbocycles. The fourth-order valence-corrected chi connectivity index (χ4v) is 2.57. The summed E-state index contributed by atoms with van der Waals surface area (Å²) in [6.45, 7) is 2.79. The SMILES string of the molecule is COc1ccc(/C=C/C(=O)Nc2oc(C)c(C(C)=O)c2C(N)=O)c(OC)c1. The van der Waals surface area contributed by atoms with Crippen LogP contribution in [0.15, 0.2) is 28.7 Å². The largest absolute Gasteiger partial charge is 0.497 e. The maximum Gasteiger partial charge on any atom is 0.255 e. The van der Waals surface area contributed by atoms with Gasteiger partial charge in [-0.2, -0.15) is 0 Å². The lowest BCUT2D eigenvalue weighted by atomic mass is 10.1. The number of benzene rings is 1. The van der Waals surface area contributed by atoms with E-state index in [0.717, 1.165) is 0 Å². The highest BCUT2D eigenvalue weighted by Gasteiger charge is 2.25. The number of primary amides is 1. The first-order valence-corrected chi connectivity index (χ1v) is 7.93. The van der Waals surface area contributed by atoms with Crippen LogP contribution in [-0.2, 0) is 4.79 Å². The summed E-state index contributed by atoms with van der Waals surface area (Å²) >= 11 is 0. The molecule has 0 fully saturated rings. The topological polar surface area (TPSA) is 121 Å². The summed E-state index contributed by atoms with van der Waals surface area (Å²) in [5, 5.41) is 2.43. The number of Topliss-reactive ketones (excluding diaryl/α,β-unsaturated/α-hetero) is 1. The Kier molecular flexibility index (Phi) is 6.02. The molecule has 0 saturated heterocycles. The van der Waals surface area contributed by atoms with E-state index in [0.29, 0.717) is 17.1 Å². The van der Waals surface area contributed by atoms with E-state index in [4.69, 9.17) is 19.6 Å². The van der Waals surface area contributed by atoms with Gasteiger partial charge in [-0.05, 0) is 32.1 Å². The molecule has 0 radical (unpaired) electrons. The van der Waals surface area contributed by atoms with Crippen LogP contribution in [0.2, 0.25) is 0 Å². The molecule has 0 bridgehead atoms. The van der Waals surface area contributed by atoms with Crippen LogP contribution in [0.3, 0.4) is 0 Å². The van der Waals surface area contributed by atoms with E-state index in [1.807, 2.05) is 0 Å². The van der Waals surface area contributed by atoms with Crippen molar-refractivity contribution >= 4 is 29.6 Å². The molecule has 3 N–H and O–H groups in total. The van der Waals surface area contributed by atoms with E-state index in [9.17, 15) is 14.4 Å². The second kappa shape index (κ2) is 8.22. The number of ketones is 1. The van der Waals surface area contributed by atoms with Crippen molar-refractivity contribution < 1.29 is 28.3 Å². The van der Waals surface area contributed by atoms with Gasteiger partial charge in [0.1, 0.15) is 22.8 Å². The maximum atomic E-state index is 12.2. The van der Waals surface area contributed by atoms with Gasteiger partial charge in [-0.3, -0.25) is 19.7 Å². The smallest absolute Gasteiger partial charge is 0.255 e. The molecule has 8 nitrogen and oxygen atoms in total. The van der Waals surface area contributed by atoms with Crippen molar-refractivity contribution in [1.82, 2.24) is 0 Å². The lowest BCUT2D eigenvalue weighted by Gasteiger charge is -2.07. The highest BCUT2D eigenvalue weighted by molar-refractivity contribution is 6.13. The number of methoxy groups -OCH3 is 2. The number of nitrogens with two attached hydrogens (primary N) is 1. The molecule has 27 heavy (non-hydrogen) atoms. The Hall–Kier alpha value is -3.55. The van der Waals surface area contributed by atoms with Gasteiger partial charge in [0.2, 0.25) is 5.88 Å². The first kappa shape index (κ1) is 19.8. The number of carbonyl (C=O) groups excluding carboxylic acids is 3. The van der Waals surface area contributed by atoms with E-state index in [1.165, 1.54) is 40.2 Å². The number of hydrogen-bond acceptors (Lipinski definition) is 6. The molecule has 0 aliphatic rings. The van der Waals surface area contributed by atoms with Crippen LogP contribution in [-0.4, -0.2) is 31.8 Å². The number of rotatable bonds is 7. The molecule has 1 heterocycles. The normalized spacial score (nSPS) is 10.7. The third-order valence-electron chi connectivity index (χ3n) is 3.77. The lowest BCUT2D eigenvalue weighted by Crippen LogP contribution is -2.18. The van der Waals surface area contributed by atoms with Crippen molar-refractivity contribution in [2.45, 2.75) is 13.8 Å². The predicted octanol–water partition coefficient (Wildman–Crippen LogP) is 2.56. The van der Waals surface area contributed by atoms with Crippen LogP contribution in [0.25, 0.3) is 6.08 Å². The minimum atomic E-state index is -0.867. The van der Waals surface area contributed by atoms with Gasteiger partial charge in [-0.1, -0.05) is 0 Å². The fraction of sp³-hybridized carbons (Fsp3) is 0.211. The number of ether oxygens (including phenoxy) is 2. The number of nitrogens with one attached hydrogen (secondary N) is 1. The average molecular weight is 372 g/mol. The molecule has 1 aromatic heterocycles. The molecule has 0 atom stereocenters.